The van der Waals surface area contributed by atoms with E-state index in [0.717, 1.165) is 42.8 Å². The van der Waals surface area contributed by atoms with Crippen molar-refractivity contribution in [1.82, 2.24) is 19.7 Å². The molecular formula is C22H27FN6O2. The first kappa shape index (κ1) is 20.9. The number of ether oxygens (including phenoxy) is 2. The van der Waals surface area contributed by atoms with Gasteiger partial charge in [-0.3, -0.25) is 4.57 Å². The van der Waals surface area contributed by atoms with Crippen LogP contribution in [0.15, 0.2) is 36.5 Å². The Morgan fingerprint density at radius 1 is 1.13 bits per heavy atom. The molecule has 0 radical (unpaired) electrons. The highest BCUT2D eigenvalue weighted by atomic mass is 19.1. The van der Waals surface area contributed by atoms with E-state index in [-0.39, 0.29) is 5.82 Å². The van der Waals surface area contributed by atoms with Gasteiger partial charge < -0.3 is 19.3 Å². The quantitative estimate of drug-likeness (QED) is 0.634. The fraction of sp³-hybridized carbons (Fsp3) is 0.409. The fourth-order valence-corrected chi connectivity index (χ4v) is 3.89. The molecule has 2 aromatic heterocycles. The van der Waals surface area contributed by atoms with Crippen molar-refractivity contribution in [2.24, 2.45) is 0 Å². The zero-order chi connectivity index (χ0) is 22.0. The molecule has 2 aliphatic rings. The van der Waals surface area contributed by atoms with Crippen LogP contribution < -0.4 is 19.3 Å². The van der Waals surface area contributed by atoms with Crippen LogP contribution in [0.3, 0.4) is 0 Å². The molecule has 1 aromatic carbocycles. The number of nitrogens with zero attached hydrogens (tertiary/aromatic N) is 6. The molecular weight excluding hydrogens is 399 g/mol. The van der Waals surface area contributed by atoms with Gasteiger partial charge in [-0.05, 0) is 25.1 Å². The van der Waals surface area contributed by atoms with Crippen molar-refractivity contribution in [3.8, 4) is 17.3 Å². The summed E-state index contributed by atoms with van der Waals surface area (Å²) in [4.78, 5) is 8.77. The molecule has 0 N–H and O–H groups in total. The first-order valence-electron chi connectivity index (χ1n) is 10.5. The van der Waals surface area contributed by atoms with Crippen molar-refractivity contribution in [3.05, 3.63) is 48.2 Å². The maximum absolute atomic E-state index is 13.5. The maximum atomic E-state index is 13.5. The van der Waals surface area contributed by atoms with E-state index in [2.05, 4.69) is 25.0 Å². The van der Waals surface area contributed by atoms with E-state index in [0.29, 0.717) is 24.3 Å². The number of aryl methyl sites for hydroxylation is 1. The number of anilines is 2. The number of methoxy groups -OCH3 is 1. The van der Waals surface area contributed by atoms with Crippen molar-refractivity contribution in [3.63, 3.8) is 0 Å². The molecule has 0 atom stereocenters. The van der Waals surface area contributed by atoms with Crippen LogP contribution in [0.5, 0.6) is 11.6 Å². The molecule has 0 amide bonds. The highest BCUT2D eigenvalue weighted by Gasteiger charge is 2.37. The van der Waals surface area contributed by atoms with E-state index < -0.39 is 0 Å². The fourth-order valence-electron chi connectivity index (χ4n) is 3.89. The standard InChI is InChI=1S/C20H21FN6O2.C2H6/c1-13-23-24-20(27(13)15-4-6-19(28-2)22-10-15)25-11-16(12-25)26-7-8-29-18-9-14(21)3-5-17(18)26;1-2/h3-6,9-10,16H,7-8,11-12H2,1-2H3;1-2H3. The number of fused-ring (bicyclic) bond motifs is 1. The van der Waals surface area contributed by atoms with E-state index >= 15 is 0 Å². The predicted molar refractivity (Wildman–Crippen MR) is 117 cm³/mol. The molecule has 0 saturated carbocycles. The van der Waals surface area contributed by atoms with E-state index in [1.807, 2.05) is 37.5 Å². The Morgan fingerprint density at radius 2 is 1.94 bits per heavy atom. The van der Waals surface area contributed by atoms with Crippen molar-refractivity contribution in [2.75, 3.05) is 43.2 Å². The van der Waals surface area contributed by atoms with Crippen LogP contribution in [-0.4, -0.2) is 59.1 Å². The lowest BCUT2D eigenvalue weighted by Gasteiger charge is -2.48. The van der Waals surface area contributed by atoms with Gasteiger partial charge in [0.15, 0.2) is 0 Å². The van der Waals surface area contributed by atoms with Gasteiger partial charge in [-0.15, -0.1) is 10.2 Å². The predicted octanol–water partition coefficient (Wildman–Crippen LogP) is 3.23. The Balaban J connectivity index is 0.00000112. The molecule has 2 aliphatic heterocycles. The molecule has 9 heteroatoms. The number of rotatable bonds is 4. The molecule has 0 spiro atoms. The lowest BCUT2D eigenvalue weighted by molar-refractivity contribution is 0.291. The molecule has 31 heavy (non-hydrogen) atoms. The summed E-state index contributed by atoms with van der Waals surface area (Å²) in [7, 11) is 1.59. The zero-order valence-corrected chi connectivity index (χ0v) is 18.2. The van der Waals surface area contributed by atoms with Gasteiger partial charge in [-0.2, -0.15) is 0 Å². The monoisotopic (exact) mass is 426 g/mol. The van der Waals surface area contributed by atoms with E-state index in [1.54, 1.807) is 19.4 Å². The van der Waals surface area contributed by atoms with Gasteiger partial charge in [0.2, 0.25) is 11.8 Å². The lowest BCUT2D eigenvalue weighted by atomic mass is 10.1. The van der Waals surface area contributed by atoms with Crippen LogP contribution >= 0.6 is 0 Å². The van der Waals surface area contributed by atoms with Gasteiger partial charge in [0.05, 0.1) is 37.3 Å². The molecule has 1 saturated heterocycles. The van der Waals surface area contributed by atoms with Gasteiger partial charge in [0, 0.05) is 25.2 Å². The molecule has 5 rings (SSSR count). The summed E-state index contributed by atoms with van der Waals surface area (Å²) in [5, 5.41) is 8.64. The Hall–Kier alpha value is -3.36. The molecule has 164 valence electrons. The highest BCUT2D eigenvalue weighted by Crippen LogP contribution is 2.36. The number of benzene rings is 1. The minimum Gasteiger partial charge on any atom is -0.489 e. The Labute approximate surface area is 181 Å². The summed E-state index contributed by atoms with van der Waals surface area (Å²) in [6, 6.07) is 8.80. The summed E-state index contributed by atoms with van der Waals surface area (Å²) in [6.45, 7) is 8.87. The second-order valence-electron chi connectivity index (χ2n) is 7.15. The molecule has 3 aromatic rings. The van der Waals surface area contributed by atoms with Crippen LogP contribution in [-0.2, 0) is 0 Å². The average molecular weight is 426 g/mol. The van der Waals surface area contributed by atoms with Crippen LogP contribution in [0.2, 0.25) is 0 Å². The van der Waals surface area contributed by atoms with Crippen LogP contribution in [0.1, 0.15) is 19.7 Å². The summed E-state index contributed by atoms with van der Waals surface area (Å²) in [5.74, 6) is 2.48. The highest BCUT2D eigenvalue weighted by molar-refractivity contribution is 5.62. The third-order valence-electron chi connectivity index (χ3n) is 5.40. The minimum absolute atomic E-state index is 0.280. The maximum Gasteiger partial charge on any atom is 0.232 e. The molecule has 0 unspecified atom stereocenters. The van der Waals surface area contributed by atoms with E-state index in [1.165, 1.54) is 12.1 Å². The van der Waals surface area contributed by atoms with E-state index in [4.69, 9.17) is 9.47 Å². The van der Waals surface area contributed by atoms with E-state index in [9.17, 15) is 4.39 Å². The van der Waals surface area contributed by atoms with Gasteiger partial charge in [-0.1, -0.05) is 13.8 Å². The summed E-state index contributed by atoms with van der Waals surface area (Å²) >= 11 is 0. The SMILES string of the molecule is CC.COc1ccc(-n2c(C)nnc2N2CC(N3CCOc4cc(F)ccc43)C2)cn1. The lowest BCUT2D eigenvalue weighted by Crippen LogP contribution is -2.61. The number of aromatic nitrogens is 4. The summed E-state index contributed by atoms with van der Waals surface area (Å²) in [5.41, 5.74) is 1.83. The van der Waals surface area contributed by atoms with Crippen molar-refractivity contribution in [2.45, 2.75) is 26.8 Å². The molecule has 8 nitrogen and oxygen atoms in total. The second-order valence-corrected chi connectivity index (χ2v) is 7.15. The second kappa shape index (κ2) is 8.79. The normalized spacial score (nSPS) is 15.4. The van der Waals surface area contributed by atoms with Crippen LogP contribution in [0.25, 0.3) is 5.69 Å². The first-order valence-corrected chi connectivity index (χ1v) is 10.5. The number of hydrogen-bond donors (Lipinski definition) is 0. The third-order valence-corrected chi connectivity index (χ3v) is 5.40. The van der Waals surface area contributed by atoms with Crippen molar-refractivity contribution >= 4 is 11.6 Å². The molecule has 0 aliphatic carbocycles. The summed E-state index contributed by atoms with van der Waals surface area (Å²) in [6.07, 6.45) is 1.75. The Kier molecular flexibility index (Phi) is 5.92. The smallest absolute Gasteiger partial charge is 0.232 e. The van der Waals surface area contributed by atoms with Gasteiger partial charge >= 0.3 is 0 Å². The first-order chi connectivity index (χ1) is 15.1. The number of pyridine rings is 1. The third kappa shape index (κ3) is 3.87. The zero-order valence-electron chi connectivity index (χ0n) is 18.2. The number of hydrogen-bond acceptors (Lipinski definition) is 7. The average Bonchev–Trinajstić information content (AvgIpc) is 3.15. The van der Waals surface area contributed by atoms with Crippen LogP contribution in [0.4, 0.5) is 16.0 Å². The number of halogens is 1. The Bertz CT molecular complexity index is 1030. The van der Waals surface area contributed by atoms with Crippen molar-refractivity contribution in [1.29, 1.82) is 0 Å². The van der Waals surface area contributed by atoms with Gasteiger partial charge in [0.1, 0.15) is 24.0 Å². The minimum atomic E-state index is -0.280. The van der Waals surface area contributed by atoms with Gasteiger partial charge in [-0.25, -0.2) is 9.37 Å². The van der Waals surface area contributed by atoms with Crippen LogP contribution in [0, 0.1) is 12.7 Å². The molecule has 1 fully saturated rings. The van der Waals surface area contributed by atoms with Gasteiger partial charge in [0.25, 0.3) is 0 Å². The topological polar surface area (TPSA) is 68.5 Å². The molecule has 0 bridgehead atoms. The van der Waals surface area contributed by atoms with Crippen molar-refractivity contribution < 1.29 is 13.9 Å². The largest absolute Gasteiger partial charge is 0.489 e. The Morgan fingerprint density at radius 3 is 2.65 bits per heavy atom. The summed E-state index contributed by atoms with van der Waals surface area (Å²) < 4.78 is 26.3. The molecule has 4 heterocycles.